The molecule has 0 fully saturated rings. The molecular formula is C11H9F2NO2. The van der Waals surface area contributed by atoms with Crippen LogP contribution in [0.15, 0.2) is 28.8 Å². The molecule has 0 aliphatic rings. The van der Waals surface area contributed by atoms with Crippen LogP contribution < -0.4 is 0 Å². The Labute approximate surface area is 90.3 Å². The quantitative estimate of drug-likeness (QED) is 0.854. The maximum Gasteiger partial charge on any atom is 0.165 e. The van der Waals surface area contributed by atoms with Crippen molar-refractivity contribution in [3.63, 3.8) is 0 Å². The highest BCUT2D eigenvalue weighted by atomic mass is 19.1. The Morgan fingerprint density at radius 2 is 2.06 bits per heavy atom. The summed E-state index contributed by atoms with van der Waals surface area (Å²) in [5.41, 5.74) is 0.366. The van der Waals surface area contributed by atoms with Crippen molar-refractivity contribution in [2.24, 2.45) is 0 Å². The minimum Gasteiger partial charge on any atom is -0.385 e. The molecule has 1 heterocycles. The third kappa shape index (κ3) is 1.94. The molecule has 84 valence electrons. The van der Waals surface area contributed by atoms with Gasteiger partial charge in [-0.2, -0.15) is 0 Å². The molecule has 1 atom stereocenters. The summed E-state index contributed by atoms with van der Waals surface area (Å²) in [7, 11) is 0. The van der Waals surface area contributed by atoms with Crippen LogP contribution in [-0.2, 0) is 0 Å². The number of aliphatic hydroxyl groups is 1. The molecular weight excluding hydrogens is 216 g/mol. The summed E-state index contributed by atoms with van der Waals surface area (Å²) in [6.07, 6.45) is -0.815. The minimum atomic E-state index is -0.815. The normalized spacial score (nSPS) is 12.8. The van der Waals surface area contributed by atoms with Gasteiger partial charge in [0.15, 0.2) is 5.76 Å². The molecule has 1 unspecified atom stereocenters. The van der Waals surface area contributed by atoms with Crippen molar-refractivity contribution in [3.8, 4) is 11.3 Å². The SMILES string of the molecule is CC(O)c1cc(-c2ccc(F)cc2F)no1. The number of hydrogen-bond donors (Lipinski definition) is 1. The predicted octanol–water partition coefficient (Wildman–Crippen LogP) is 2.67. The van der Waals surface area contributed by atoms with Crippen molar-refractivity contribution in [1.29, 1.82) is 0 Å². The van der Waals surface area contributed by atoms with Crippen molar-refractivity contribution in [3.05, 3.63) is 41.7 Å². The van der Waals surface area contributed by atoms with Crippen molar-refractivity contribution < 1.29 is 18.4 Å². The number of halogens is 2. The van der Waals surface area contributed by atoms with Gasteiger partial charge < -0.3 is 9.63 Å². The van der Waals surface area contributed by atoms with Gasteiger partial charge in [0.1, 0.15) is 23.4 Å². The number of nitrogens with zero attached hydrogens (tertiary/aromatic N) is 1. The Hall–Kier alpha value is -1.75. The lowest BCUT2D eigenvalue weighted by atomic mass is 10.1. The number of aromatic nitrogens is 1. The Morgan fingerprint density at radius 1 is 1.31 bits per heavy atom. The van der Waals surface area contributed by atoms with E-state index in [0.717, 1.165) is 12.1 Å². The van der Waals surface area contributed by atoms with E-state index in [2.05, 4.69) is 5.16 Å². The first-order chi connectivity index (χ1) is 7.58. The van der Waals surface area contributed by atoms with Gasteiger partial charge >= 0.3 is 0 Å². The summed E-state index contributed by atoms with van der Waals surface area (Å²) in [6, 6.07) is 4.59. The fourth-order valence-corrected chi connectivity index (χ4v) is 1.31. The molecule has 1 N–H and O–H groups in total. The maximum absolute atomic E-state index is 13.4. The molecule has 5 heteroatoms. The lowest BCUT2D eigenvalue weighted by molar-refractivity contribution is 0.158. The van der Waals surface area contributed by atoms with Crippen LogP contribution in [0.3, 0.4) is 0 Å². The predicted molar refractivity (Wildman–Crippen MR) is 52.5 cm³/mol. The van der Waals surface area contributed by atoms with Crippen molar-refractivity contribution in [2.45, 2.75) is 13.0 Å². The van der Waals surface area contributed by atoms with Gasteiger partial charge in [-0.1, -0.05) is 5.16 Å². The summed E-state index contributed by atoms with van der Waals surface area (Å²) < 4.78 is 30.8. The monoisotopic (exact) mass is 225 g/mol. The molecule has 3 nitrogen and oxygen atoms in total. The first-order valence-electron chi connectivity index (χ1n) is 4.68. The molecule has 2 rings (SSSR count). The van der Waals surface area contributed by atoms with Gasteiger partial charge in [-0.15, -0.1) is 0 Å². The van der Waals surface area contributed by atoms with Gasteiger partial charge in [0, 0.05) is 17.7 Å². The average molecular weight is 225 g/mol. The number of rotatable bonds is 2. The van der Waals surface area contributed by atoms with E-state index in [1.165, 1.54) is 19.1 Å². The molecule has 1 aromatic carbocycles. The first-order valence-corrected chi connectivity index (χ1v) is 4.68. The van der Waals surface area contributed by atoms with Gasteiger partial charge in [0.2, 0.25) is 0 Å². The molecule has 0 aliphatic heterocycles. The van der Waals surface area contributed by atoms with Gasteiger partial charge in [0.25, 0.3) is 0 Å². The highest BCUT2D eigenvalue weighted by molar-refractivity contribution is 5.59. The topological polar surface area (TPSA) is 46.3 Å². The molecule has 0 amide bonds. The zero-order chi connectivity index (χ0) is 11.7. The zero-order valence-corrected chi connectivity index (χ0v) is 8.45. The van der Waals surface area contributed by atoms with Gasteiger partial charge in [0.05, 0.1) is 0 Å². The Balaban J connectivity index is 2.42. The largest absolute Gasteiger partial charge is 0.385 e. The highest BCUT2D eigenvalue weighted by Gasteiger charge is 2.13. The number of aliphatic hydroxyl groups excluding tert-OH is 1. The van der Waals surface area contributed by atoms with E-state index >= 15 is 0 Å². The number of hydrogen-bond acceptors (Lipinski definition) is 3. The average Bonchev–Trinajstić information content (AvgIpc) is 2.66. The molecule has 0 saturated carbocycles. The molecule has 0 bridgehead atoms. The van der Waals surface area contributed by atoms with Gasteiger partial charge in [-0.05, 0) is 19.1 Å². The smallest absolute Gasteiger partial charge is 0.165 e. The minimum absolute atomic E-state index is 0.136. The Kier molecular flexibility index (Phi) is 2.70. The Bertz CT molecular complexity index is 508. The fraction of sp³-hybridized carbons (Fsp3) is 0.182. The Morgan fingerprint density at radius 3 is 2.62 bits per heavy atom. The summed E-state index contributed by atoms with van der Waals surface area (Å²) >= 11 is 0. The molecule has 16 heavy (non-hydrogen) atoms. The summed E-state index contributed by atoms with van der Waals surface area (Å²) in [5.74, 6) is -1.13. The summed E-state index contributed by atoms with van der Waals surface area (Å²) in [5, 5.41) is 12.8. The molecule has 0 saturated heterocycles. The van der Waals surface area contributed by atoms with E-state index in [0.29, 0.717) is 0 Å². The van der Waals surface area contributed by atoms with Crippen molar-refractivity contribution >= 4 is 0 Å². The second kappa shape index (κ2) is 4.02. The summed E-state index contributed by atoms with van der Waals surface area (Å²) in [4.78, 5) is 0. The van der Waals surface area contributed by atoms with Crippen LogP contribution in [0.5, 0.6) is 0 Å². The van der Waals surface area contributed by atoms with Crippen LogP contribution in [0.4, 0.5) is 8.78 Å². The standard InChI is InChI=1S/C11H9F2NO2/c1-6(15)11-5-10(14-16-11)8-3-2-7(12)4-9(8)13/h2-6,15H,1H3. The second-order valence-corrected chi connectivity index (χ2v) is 3.41. The third-order valence-electron chi connectivity index (χ3n) is 2.15. The van der Waals surface area contributed by atoms with E-state index < -0.39 is 17.7 Å². The third-order valence-corrected chi connectivity index (χ3v) is 2.15. The van der Waals surface area contributed by atoms with Crippen LogP contribution in [0.2, 0.25) is 0 Å². The molecule has 2 aromatic rings. The van der Waals surface area contributed by atoms with Crippen LogP contribution in [0.25, 0.3) is 11.3 Å². The van der Waals surface area contributed by atoms with Crippen LogP contribution in [0, 0.1) is 11.6 Å². The van der Waals surface area contributed by atoms with E-state index in [1.807, 2.05) is 0 Å². The van der Waals surface area contributed by atoms with E-state index in [4.69, 9.17) is 4.52 Å². The van der Waals surface area contributed by atoms with E-state index in [1.54, 1.807) is 0 Å². The lowest BCUT2D eigenvalue weighted by Crippen LogP contribution is -1.87. The molecule has 0 aliphatic carbocycles. The van der Waals surface area contributed by atoms with E-state index in [-0.39, 0.29) is 17.0 Å². The van der Waals surface area contributed by atoms with Gasteiger partial charge in [-0.3, -0.25) is 0 Å². The van der Waals surface area contributed by atoms with Crippen LogP contribution >= 0.6 is 0 Å². The van der Waals surface area contributed by atoms with Crippen LogP contribution in [0.1, 0.15) is 18.8 Å². The van der Waals surface area contributed by atoms with Gasteiger partial charge in [-0.25, -0.2) is 8.78 Å². The number of benzene rings is 1. The van der Waals surface area contributed by atoms with Crippen molar-refractivity contribution in [2.75, 3.05) is 0 Å². The summed E-state index contributed by atoms with van der Waals surface area (Å²) in [6.45, 7) is 1.51. The van der Waals surface area contributed by atoms with E-state index in [9.17, 15) is 13.9 Å². The maximum atomic E-state index is 13.4. The molecule has 0 radical (unpaired) electrons. The second-order valence-electron chi connectivity index (χ2n) is 3.41. The zero-order valence-electron chi connectivity index (χ0n) is 8.45. The van der Waals surface area contributed by atoms with Crippen LogP contribution in [-0.4, -0.2) is 10.3 Å². The first kappa shape index (κ1) is 10.8. The fourth-order valence-electron chi connectivity index (χ4n) is 1.31. The van der Waals surface area contributed by atoms with Crippen molar-refractivity contribution in [1.82, 2.24) is 5.16 Å². The lowest BCUT2D eigenvalue weighted by Gasteiger charge is -1.97. The highest BCUT2D eigenvalue weighted by Crippen LogP contribution is 2.25. The molecule has 0 spiro atoms. The molecule has 1 aromatic heterocycles.